The molecule has 0 radical (unpaired) electrons. The van der Waals surface area contributed by atoms with Gasteiger partial charge < -0.3 is 14.2 Å². The number of unbranched alkanes of at least 4 members (excludes halogenated alkanes) is 45. The van der Waals surface area contributed by atoms with Crippen LogP contribution in [0.5, 0.6) is 0 Å². The molecular weight excluding hydrogens is 925 g/mol. The summed E-state index contributed by atoms with van der Waals surface area (Å²) in [5, 5.41) is 0. The van der Waals surface area contributed by atoms with Gasteiger partial charge in [0.2, 0.25) is 0 Å². The van der Waals surface area contributed by atoms with Crippen LogP contribution < -0.4 is 0 Å². The highest BCUT2D eigenvalue weighted by atomic mass is 16.6. The Morgan fingerprint density at radius 3 is 0.747 bits per heavy atom. The van der Waals surface area contributed by atoms with E-state index in [0.717, 1.165) is 77.0 Å². The van der Waals surface area contributed by atoms with Crippen LogP contribution in [0, 0.1) is 0 Å². The molecule has 0 spiro atoms. The first kappa shape index (κ1) is 72.6. The molecule has 0 aliphatic rings. The van der Waals surface area contributed by atoms with E-state index >= 15 is 0 Å². The third-order valence-electron chi connectivity index (χ3n) is 15.1. The van der Waals surface area contributed by atoms with Crippen molar-refractivity contribution in [2.24, 2.45) is 0 Å². The lowest BCUT2D eigenvalue weighted by Gasteiger charge is -2.18. The average molecular weight is 1050 g/mol. The van der Waals surface area contributed by atoms with E-state index in [-0.39, 0.29) is 31.1 Å². The van der Waals surface area contributed by atoms with E-state index in [1.165, 1.54) is 250 Å². The van der Waals surface area contributed by atoms with Gasteiger partial charge in [-0.1, -0.05) is 327 Å². The van der Waals surface area contributed by atoms with Crippen molar-refractivity contribution in [3.63, 3.8) is 0 Å². The lowest BCUT2D eigenvalue weighted by molar-refractivity contribution is -0.167. The van der Waals surface area contributed by atoms with Crippen LogP contribution in [-0.2, 0) is 28.6 Å². The van der Waals surface area contributed by atoms with Crippen molar-refractivity contribution >= 4 is 17.9 Å². The number of carbonyl (C=O) groups is 3. The zero-order valence-corrected chi connectivity index (χ0v) is 50.6. The Morgan fingerprint density at radius 2 is 0.480 bits per heavy atom. The van der Waals surface area contributed by atoms with Crippen molar-refractivity contribution in [2.75, 3.05) is 13.2 Å². The van der Waals surface area contributed by atoms with Crippen LogP contribution in [0.1, 0.15) is 367 Å². The van der Waals surface area contributed by atoms with Gasteiger partial charge in [0, 0.05) is 19.3 Å². The maximum Gasteiger partial charge on any atom is 0.306 e. The minimum absolute atomic E-state index is 0.0696. The third kappa shape index (κ3) is 62.4. The van der Waals surface area contributed by atoms with Crippen molar-refractivity contribution in [3.05, 3.63) is 36.5 Å². The Kier molecular flexibility index (Phi) is 62.1. The molecule has 0 aliphatic carbocycles. The van der Waals surface area contributed by atoms with Gasteiger partial charge in [0.1, 0.15) is 13.2 Å². The largest absolute Gasteiger partial charge is 0.462 e. The molecule has 0 heterocycles. The Labute approximate surface area is 467 Å². The predicted octanol–water partition coefficient (Wildman–Crippen LogP) is 22.8. The summed E-state index contributed by atoms with van der Waals surface area (Å²) in [5.74, 6) is -0.866. The maximum atomic E-state index is 12.8. The molecule has 0 amide bonds. The van der Waals surface area contributed by atoms with Gasteiger partial charge >= 0.3 is 17.9 Å². The summed E-state index contributed by atoms with van der Waals surface area (Å²) in [6, 6.07) is 0. The lowest BCUT2D eigenvalue weighted by Crippen LogP contribution is -2.30. The maximum absolute atomic E-state index is 12.8. The minimum Gasteiger partial charge on any atom is -0.462 e. The second kappa shape index (κ2) is 64.2. The van der Waals surface area contributed by atoms with Crippen molar-refractivity contribution in [1.29, 1.82) is 0 Å². The van der Waals surface area contributed by atoms with Gasteiger partial charge in [-0.05, 0) is 57.8 Å². The number of rotatable bonds is 62. The van der Waals surface area contributed by atoms with Crippen molar-refractivity contribution in [1.82, 2.24) is 0 Å². The lowest BCUT2D eigenvalue weighted by atomic mass is 10.0. The Balaban J connectivity index is 3.97. The average Bonchev–Trinajstić information content (AvgIpc) is 3.41. The van der Waals surface area contributed by atoms with Crippen LogP contribution in [0.4, 0.5) is 0 Å². The molecule has 0 N–H and O–H groups in total. The molecule has 1 unspecified atom stereocenters. The summed E-state index contributed by atoms with van der Waals surface area (Å²) in [7, 11) is 0. The van der Waals surface area contributed by atoms with Crippen LogP contribution in [0.2, 0.25) is 0 Å². The van der Waals surface area contributed by atoms with Crippen molar-refractivity contribution < 1.29 is 28.6 Å². The highest BCUT2D eigenvalue weighted by Gasteiger charge is 2.19. The summed E-state index contributed by atoms with van der Waals surface area (Å²) in [5.41, 5.74) is 0. The Hall–Kier alpha value is -2.37. The molecule has 0 aliphatic heterocycles. The highest BCUT2D eigenvalue weighted by molar-refractivity contribution is 5.71. The molecular formula is C69H128O6. The monoisotopic (exact) mass is 1050 g/mol. The minimum atomic E-state index is -0.769. The molecule has 0 aromatic rings. The van der Waals surface area contributed by atoms with E-state index in [9.17, 15) is 14.4 Å². The molecule has 0 fully saturated rings. The fourth-order valence-electron chi connectivity index (χ4n) is 10.1. The van der Waals surface area contributed by atoms with Crippen molar-refractivity contribution in [2.45, 2.75) is 374 Å². The third-order valence-corrected chi connectivity index (χ3v) is 15.1. The highest BCUT2D eigenvalue weighted by Crippen LogP contribution is 2.18. The summed E-state index contributed by atoms with van der Waals surface area (Å²) < 4.78 is 16.8. The summed E-state index contributed by atoms with van der Waals surface area (Å²) in [6.07, 6.45) is 79.3. The standard InChI is InChI=1S/C69H128O6/c1-4-7-10-13-15-17-19-21-23-25-27-29-31-33-34-36-37-39-41-43-45-47-49-51-53-56-59-62-68(71)74-65-66(64-73-67(70)61-58-55-12-9-6-3)75-69(72)63-60-57-54-52-50-48-46-44-42-40-38-35-32-30-28-26-24-22-20-18-16-14-11-8-5-2/h20,22,26,28,32,35,66H,4-19,21,23-25,27,29-31,33-34,36-65H2,1-3H3/b22-20-,28-26-,35-32-. The predicted molar refractivity (Wildman–Crippen MR) is 326 cm³/mol. The Morgan fingerprint density at radius 1 is 0.267 bits per heavy atom. The van der Waals surface area contributed by atoms with Gasteiger partial charge in [-0.3, -0.25) is 14.4 Å². The molecule has 440 valence electrons. The molecule has 75 heavy (non-hydrogen) atoms. The van der Waals surface area contributed by atoms with Crippen LogP contribution >= 0.6 is 0 Å². The molecule has 0 saturated heterocycles. The van der Waals surface area contributed by atoms with Crippen LogP contribution in [0.15, 0.2) is 36.5 Å². The number of hydrogen-bond donors (Lipinski definition) is 0. The van der Waals surface area contributed by atoms with E-state index in [4.69, 9.17) is 14.2 Å². The first-order chi connectivity index (χ1) is 37.0. The number of allylic oxidation sites excluding steroid dienone is 6. The molecule has 1 atom stereocenters. The number of carbonyl (C=O) groups excluding carboxylic acids is 3. The van der Waals surface area contributed by atoms with E-state index in [1.54, 1.807) is 0 Å². The SMILES string of the molecule is CCCCCCC/C=C\C/C=C\C/C=C\CCCCCCCCCCCCC(=O)OC(COC(=O)CCCCCCC)COC(=O)CCCCCCCCCCCCCCCCCCCCCCCCCCCCC. The van der Waals surface area contributed by atoms with Gasteiger partial charge in [-0.15, -0.1) is 0 Å². The zero-order chi connectivity index (χ0) is 54.3. The van der Waals surface area contributed by atoms with Gasteiger partial charge in [-0.25, -0.2) is 0 Å². The molecule has 0 bridgehead atoms. The fraction of sp³-hybridized carbons (Fsp3) is 0.870. The smallest absolute Gasteiger partial charge is 0.306 e. The second-order valence-electron chi connectivity index (χ2n) is 22.7. The second-order valence-corrected chi connectivity index (χ2v) is 22.7. The first-order valence-corrected chi connectivity index (χ1v) is 33.5. The van der Waals surface area contributed by atoms with E-state index in [0.29, 0.717) is 19.3 Å². The molecule has 0 aromatic carbocycles. The molecule has 0 aromatic heterocycles. The van der Waals surface area contributed by atoms with E-state index in [1.807, 2.05) is 0 Å². The van der Waals surface area contributed by atoms with Gasteiger partial charge in [0.15, 0.2) is 6.10 Å². The topological polar surface area (TPSA) is 78.9 Å². The summed E-state index contributed by atoms with van der Waals surface area (Å²) in [4.78, 5) is 38.0. The normalized spacial score (nSPS) is 12.2. The van der Waals surface area contributed by atoms with E-state index < -0.39 is 6.10 Å². The zero-order valence-electron chi connectivity index (χ0n) is 50.6. The van der Waals surface area contributed by atoms with Crippen LogP contribution in [0.25, 0.3) is 0 Å². The van der Waals surface area contributed by atoms with Crippen LogP contribution in [0.3, 0.4) is 0 Å². The Bertz CT molecular complexity index is 1250. The van der Waals surface area contributed by atoms with Crippen LogP contribution in [-0.4, -0.2) is 37.2 Å². The number of hydrogen-bond acceptors (Lipinski definition) is 6. The quantitative estimate of drug-likeness (QED) is 0.0261. The first-order valence-electron chi connectivity index (χ1n) is 33.5. The molecule has 6 nitrogen and oxygen atoms in total. The van der Waals surface area contributed by atoms with Gasteiger partial charge in [-0.2, -0.15) is 0 Å². The summed E-state index contributed by atoms with van der Waals surface area (Å²) in [6.45, 7) is 6.60. The van der Waals surface area contributed by atoms with Crippen molar-refractivity contribution in [3.8, 4) is 0 Å². The molecule has 6 heteroatoms. The number of ether oxygens (including phenoxy) is 3. The molecule has 0 saturated carbocycles. The number of esters is 3. The van der Waals surface area contributed by atoms with Gasteiger partial charge in [0.05, 0.1) is 0 Å². The molecule has 0 rings (SSSR count). The fourth-order valence-corrected chi connectivity index (χ4v) is 10.1. The van der Waals surface area contributed by atoms with Gasteiger partial charge in [0.25, 0.3) is 0 Å². The summed E-state index contributed by atoms with van der Waals surface area (Å²) >= 11 is 0. The van der Waals surface area contributed by atoms with E-state index in [2.05, 4.69) is 57.2 Å².